The van der Waals surface area contributed by atoms with E-state index in [9.17, 15) is 4.79 Å². The number of nitrogens with zero attached hydrogens (tertiary/aromatic N) is 1. The van der Waals surface area contributed by atoms with Gasteiger partial charge in [-0.3, -0.25) is 4.79 Å². The lowest BCUT2D eigenvalue weighted by Gasteiger charge is -2.22. The zero-order valence-corrected chi connectivity index (χ0v) is 12.0. The van der Waals surface area contributed by atoms with Crippen LogP contribution in [0, 0.1) is 0 Å². The first-order valence-corrected chi connectivity index (χ1v) is 6.99. The van der Waals surface area contributed by atoms with E-state index in [4.69, 9.17) is 17.0 Å². The zero-order chi connectivity index (χ0) is 14.1. The molecule has 1 unspecified atom stereocenters. The second kappa shape index (κ2) is 5.21. The van der Waals surface area contributed by atoms with Gasteiger partial charge in [-0.15, -0.1) is 0 Å². The Kier molecular flexibility index (Phi) is 3.40. The summed E-state index contributed by atoms with van der Waals surface area (Å²) in [6.45, 7) is 0.810. The summed E-state index contributed by atoms with van der Waals surface area (Å²) in [4.78, 5) is 14.7. The highest BCUT2D eigenvalue weighted by Gasteiger charge is 2.35. The van der Waals surface area contributed by atoms with Crippen molar-refractivity contribution in [3.05, 3.63) is 59.3 Å². The molecule has 1 aromatic rings. The van der Waals surface area contributed by atoms with Gasteiger partial charge in [-0.2, -0.15) is 0 Å². The van der Waals surface area contributed by atoms with Crippen molar-refractivity contribution in [1.29, 1.82) is 0 Å². The summed E-state index contributed by atoms with van der Waals surface area (Å²) in [5.41, 5.74) is 2.81. The Morgan fingerprint density at radius 1 is 1.35 bits per heavy atom. The van der Waals surface area contributed by atoms with Gasteiger partial charge in [-0.05, 0) is 24.7 Å². The Balaban J connectivity index is 1.87. The van der Waals surface area contributed by atoms with E-state index in [1.54, 1.807) is 7.11 Å². The maximum Gasteiger partial charge on any atom is 0.189 e. The second-order valence-corrected chi connectivity index (χ2v) is 5.20. The lowest BCUT2D eigenvalue weighted by atomic mass is 10.0. The lowest BCUT2D eigenvalue weighted by molar-refractivity contribution is 0.0916. The largest absolute Gasteiger partial charge is 0.486 e. The monoisotopic (exact) mass is 285 g/mol. The summed E-state index contributed by atoms with van der Waals surface area (Å²) in [7, 11) is 1.59. The first-order chi connectivity index (χ1) is 9.72. The quantitative estimate of drug-likeness (QED) is 0.631. The van der Waals surface area contributed by atoms with Crippen molar-refractivity contribution >= 4 is 23.1 Å². The standard InChI is InChI=1S/C16H15NO2S/c1-19-16(20)12-9-10-17-13(12)7-8-14(17)15(18)11-5-3-2-4-6-11/h2-8,14H,9-10H2,1H3. The number of carbonyl (C=O) groups excluding carboxylic acids is 1. The van der Waals surface area contributed by atoms with Crippen molar-refractivity contribution in [2.75, 3.05) is 13.7 Å². The van der Waals surface area contributed by atoms with Gasteiger partial charge in [0.05, 0.1) is 7.11 Å². The highest BCUT2D eigenvalue weighted by Crippen LogP contribution is 2.33. The number of rotatable bonds is 3. The molecule has 2 aliphatic rings. The molecule has 0 saturated heterocycles. The van der Waals surface area contributed by atoms with E-state index in [0.717, 1.165) is 29.8 Å². The third-order valence-corrected chi connectivity index (χ3v) is 4.17. The number of methoxy groups -OCH3 is 1. The van der Waals surface area contributed by atoms with Gasteiger partial charge in [0.1, 0.15) is 6.04 Å². The fourth-order valence-electron chi connectivity index (χ4n) is 2.76. The molecular formula is C16H15NO2S. The van der Waals surface area contributed by atoms with Gasteiger partial charge in [0.2, 0.25) is 0 Å². The molecule has 0 N–H and O–H groups in total. The number of fused-ring (bicyclic) bond motifs is 1. The first-order valence-electron chi connectivity index (χ1n) is 6.58. The third-order valence-electron chi connectivity index (χ3n) is 3.75. The van der Waals surface area contributed by atoms with E-state index in [1.165, 1.54) is 0 Å². The SMILES string of the molecule is COC(=S)C1=C2C=CC(C(=O)c3ccccc3)N2CC1. The molecule has 0 radical (unpaired) electrons. The molecule has 1 aromatic carbocycles. The minimum absolute atomic E-state index is 0.126. The van der Waals surface area contributed by atoms with Crippen LogP contribution >= 0.6 is 12.2 Å². The summed E-state index contributed by atoms with van der Waals surface area (Å²) in [6, 6.07) is 9.18. The normalized spacial score (nSPS) is 20.2. The van der Waals surface area contributed by atoms with Crippen LogP contribution in [0.3, 0.4) is 0 Å². The second-order valence-electron chi connectivity index (χ2n) is 4.83. The predicted octanol–water partition coefficient (Wildman–Crippen LogP) is 2.74. The van der Waals surface area contributed by atoms with Crippen LogP contribution in [-0.4, -0.2) is 35.4 Å². The van der Waals surface area contributed by atoms with Crippen LogP contribution < -0.4 is 0 Å². The van der Waals surface area contributed by atoms with Crippen LogP contribution in [0.25, 0.3) is 0 Å². The van der Waals surface area contributed by atoms with Gasteiger partial charge < -0.3 is 9.64 Å². The number of ketones is 1. The summed E-state index contributed by atoms with van der Waals surface area (Å²) in [6.07, 6.45) is 4.77. The zero-order valence-electron chi connectivity index (χ0n) is 11.2. The average Bonchev–Trinajstić information content (AvgIpc) is 3.08. The van der Waals surface area contributed by atoms with Crippen LogP contribution in [0.4, 0.5) is 0 Å². The maximum absolute atomic E-state index is 12.6. The maximum atomic E-state index is 12.6. The topological polar surface area (TPSA) is 29.5 Å². The van der Waals surface area contributed by atoms with Crippen LogP contribution in [0.1, 0.15) is 16.8 Å². The minimum Gasteiger partial charge on any atom is -0.486 e. The molecule has 2 heterocycles. The fourth-order valence-corrected chi connectivity index (χ4v) is 2.96. The van der Waals surface area contributed by atoms with Crippen molar-refractivity contribution < 1.29 is 9.53 Å². The molecule has 2 aliphatic heterocycles. The molecule has 0 aliphatic carbocycles. The molecule has 0 aromatic heterocycles. The van der Waals surface area contributed by atoms with E-state index >= 15 is 0 Å². The molecule has 0 saturated carbocycles. The molecule has 20 heavy (non-hydrogen) atoms. The number of hydrogen-bond donors (Lipinski definition) is 0. The third kappa shape index (κ3) is 2.06. The van der Waals surface area contributed by atoms with Gasteiger partial charge in [0, 0.05) is 23.4 Å². The molecule has 3 nitrogen and oxygen atoms in total. The molecule has 4 heteroatoms. The molecule has 102 valence electrons. The number of hydrogen-bond acceptors (Lipinski definition) is 4. The molecule has 3 rings (SSSR count). The highest BCUT2D eigenvalue weighted by molar-refractivity contribution is 7.80. The Morgan fingerprint density at radius 2 is 2.10 bits per heavy atom. The van der Waals surface area contributed by atoms with Crippen LogP contribution in [0.15, 0.2) is 53.8 Å². The summed E-state index contributed by atoms with van der Waals surface area (Å²) in [5, 5.41) is 0.528. The van der Waals surface area contributed by atoms with Crippen molar-refractivity contribution in [3.63, 3.8) is 0 Å². The molecular weight excluding hydrogens is 270 g/mol. The summed E-state index contributed by atoms with van der Waals surface area (Å²) < 4.78 is 5.15. The van der Waals surface area contributed by atoms with Crippen molar-refractivity contribution in [1.82, 2.24) is 4.90 Å². The van der Waals surface area contributed by atoms with Crippen molar-refractivity contribution in [2.45, 2.75) is 12.5 Å². The Labute approximate surface area is 123 Å². The molecule has 0 spiro atoms. The number of benzene rings is 1. The van der Waals surface area contributed by atoms with Crippen molar-refractivity contribution in [2.24, 2.45) is 0 Å². The number of ether oxygens (including phenoxy) is 1. The lowest BCUT2D eigenvalue weighted by Crippen LogP contribution is -2.34. The number of thiocarbonyl (C=S) groups is 1. The van der Waals surface area contributed by atoms with Gasteiger partial charge in [0.25, 0.3) is 0 Å². The van der Waals surface area contributed by atoms with Crippen LogP contribution in [0.2, 0.25) is 0 Å². The van der Waals surface area contributed by atoms with E-state index in [-0.39, 0.29) is 11.8 Å². The first kappa shape index (κ1) is 13.1. The van der Waals surface area contributed by atoms with Crippen LogP contribution in [-0.2, 0) is 4.74 Å². The van der Waals surface area contributed by atoms with E-state index in [0.29, 0.717) is 5.05 Å². The Bertz CT molecular complexity index is 619. The molecule has 0 bridgehead atoms. The van der Waals surface area contributed by atoms with Gasteiger partial charge in [-0.1, -0.05) is 36.4 Å². The predicted molar refractivity (Wildman–Crippen MR) is 81.7 cm³/mol. The molecule has 0 fully saturated rings. The number of carbonyl (C=O) groups is 1. The van der Waals surface area contributed by atoms with Crippen molar-refractivity contribution in [3.8, 4) is 0 Å². The van der Waals surface area contributed by atoms with Gasteiger partial charge in [0.15, 0.2) is 10.8 Å². The van der Waals surface area contributed by atoms with Crippen LogP contribution in [0.5, 0.6) is 0 Å². The fraction of sp³-hybridized carbons (Fsp3) is 0.250. The molecule has 0 amide bonds. The Hall–Kier alpha value is -1.94. The van der Waals surface area contributed by atoms with Gasteiger partial charge in [-0.25, -0.2) is 0 Å². The minimum atomic E-state index is -0.218. The smallest absolute Gasteiger partial charge is 0.189 e. The Morgan fingerprint density at radius 3 is 2.80 bits per heavy atom. The average molecular weight is 285 g/mol. The number of Topliss-reactive ketones (excluding diaryl/α,β-unsaturated/α-hetero) is 1. The highest BCUT2D eigenvalue weighted by atomic mass is 32.1. The van der Waals surface area contributed by atoms with E-state index in [1.807, 2.05) is 42.5 Å². The molecule has 1 atom stereocenters. The summed E-state index contributed by atoms with van der Waals surface area (Å²) in [5.74, 6) is 0.126. The van der Waals surface area contributed by atoms with Gasteiger partial charge >= 0.3 is 0 Å². The summed E-state index contributed by atoms with van der Waals surface area (Å²) >= 11 is 5.21. The number of allylic oxidation sites excluding steroid dienone is 1. The van der Waals surface area contributed by atoms with E-state index in [2.05, 4.69) is 4.90 Å². The van der Waals surface area contributed by atoms with E-state index < -0.39 is 0 Å².